The summed E-state index contributed by atoms with van der Waals surface area (Å²) in [6, 6.07) is 7.77. The Morgan fingerprint density at radius 1 is 1.20 bits per heavy atom. The summed E-state index contributed by atoms with van der Waals surface area (Å²) in [6.07, 6.45) is 0.280. The van der Waals surface area contributed by atoms with E-state index in [4.69, 9.17) is 14.0 Å². The molecule has 0 aliphatic carbocycles. The second-order valence-electron chi connectivity index (χ2n) is 3.79. The molecule has 1 aliphatic heterocycles. The monoisotopic (exact) mass is 206 g/mol. The first-order valence-corrected chi connectivity index (χ1v) is 5.15. The van der Waals surface area contributed by atoms with Gasteiger partial charge in [0.2, 0.25) is 0 Å². The number of hydrogen-bond donors (Lipinski definition) is 0. The minimum Gasteiger partial charge on any atom is -0.497 e. The van der Waals surface area contributed by atoms with Crippen molar-refractivity contribution in [3.63, 3.8) is 0 Å². The molecule has 1 aromatic rings. The van der Waals surface area contributed by atoms with Crippen LogP contribution in [-0.2, 0) is 9.31 Å². The highest BCUT2D eigenvalue weighted by atomic mass is 16.7. The molecular weight excluding hydrogens is 191 g/mol. The summed E-state index contributed by atoms with van der Waals surface area (Å²) in [6.45, 7) is 4.04. The molecule has 1 heterocycles. The maximum Gasteiger partial charge on any atom is 0.494 e. The van der Waals surface area contributed by atoms with Crippen LogP contribution in [0.15, 0.2) is 24.3 Å². The lowest BCUT2D eigenvalue weighted by atomic mass is 9.79. The highest BCUT2D eigenvalue weighted by Crippen LogP contribution is 2.17. The fraction of sp³-hybridized carbons (Fsp3) is 0.455. The molecule has 2 rings (SSSR count). The molecule has 0 aromatic heterocycles. The summed E-state index contributed by atoms with van der Waals surface area (Å²) in [4.78, 5) is 0. The Morgan fingerprint density at radius 3 is 2.47 bits per heavy atom. The highest BCUT2D eigenvalue weighted by Gasteiger charge is 2.35. The number of ether oxygens (including phenoxy) is 1. The Bertz CT molecular complexity index is 332. The smallest absolute Gasteiger partial charge is 0.494 e. The zero-order valence-electron chi connectivity index (χ0n) is 9.27. The molecule has 2 unspecified atom stereocenters. The van der Waals surface area contributed by atoms with Gasteiger partial charge < -0.3 is 14.0 Å². The predicted octanol–water partition coefficient (Wildman–Crippen LogP) is 1.21. The van der Waals surface area contributed by atoms with E-state index in [1.165, 1.54) is 0 Å². The third-order valence-electron chi connectivity index (χ3n) is 2.70. The Hall–Kier alpha value is -0.995. The molecule has 0 N–H and O–H groups in total. The molecule has 15 heavy (non-hydrogen) atoms. The molecule has 1 aliphatic rings. The lowest BCUT2D eigenvalue weighted by Crippen LogP contribution is -2.32. The first-order valence-electron chi connectivity index (χ1n) is 5.15. The standard InChI is InChI=1S/C11H15BO3/c1-8-9(2)15-12(14-8)10-5-4-6-11(7-10)13-3/h4-9H,1-3H3. The minimum atomic E-state index is -0.259. The van der Waals surface area contributed by atoms with E-state index in [2.05, 4.69) is 0 Å². The van der Waals surface area contributed by atoms with Crippen molar-refractivity contribution in [1.29, 1.82) is 0 Å². The Balaban J connectivity index is 2.16. The van der Waals surface area contributed by atoms with Gasteiger partial charge in [0.15, 0.2) is 0 Å². The highest BCUT2D eigenvalue weighted by molar-refractivity contribution is 6.61. The molecule has 0 radical (unpaired) electrons. The predicted molar refractivity (Wildman–Crippen MR) is 59.5 cm³/mol. The van der Waals surface area contributed by atoms with Crippen LogP contribution in [0, 0.1) is 0 Å². The summed E-state index contributed by atoms with van der Waals surface area (Å²) in [5, 5.41) is 0. The number of rotatable bonds is 2. The largest absolute Gasteiger partial charge is 0.497 e. The van der Waals surface area contributed by atoms with E-state index in [0.29, 0.717) is 0 Å². The summed E-state index contributed by atoms with van der Waals surface area (Å²) in [7, 11) is 1.39. The lowest BCUT2D eigenvalue weighted by Gasteiger charge is -2.06. The lowest BCUT2D eigenvalue weighted by molar-refractivity contribution is 0.187. The van der Waals surface area contributed by atoms with E-state index < -0.39 is 0 Å². The van der Waals surface area contributed by atoms with Crippen molar-refractivity contribution in [2.45, 2.75) is 26.1 Å². The maximum atomic E-state index is 5.68. The van der Waals surface area contributed by atoms with Crippen LogP contribution >= 0.6 is 0 Å². The molecule has 0 bridgehead atoms. The summed E-state index contributed by atoms with van der Waals surface area (Å²) in [5.74, 6) is 0.826. The van der Waals surface area contributed by atoms with Gasteiger partial charge in [0.1, 0.15) is 5.75 Å². The van der Waals surface area contributed by atoms with Crippen molar-refractivity contribution in [1.82, 2.24) is 0 Å². The van der Waals surface area contributed by atoms with Gasteiger partial charge >= 0.3 is 7.12 Å². The molecule has 4 heteroatoms. The molecular formula is C11H15BO3. The van der Waals surface area contributed by atoms with Crippen LogP contribution < -0.4 is 10.2 Å². The topological polar surface area (TPSA) is 27.7 Å². The van der Waals surface area contributed by atoms with Crippen molar-refractivity contribution in [2.75, 3.05) is 7.11 Å². The Morgan fingerprint density at radius 2 is 1.87 bits per heavy atom. The third kappa shape index (κ3) is 2.16. The normalized spacial score (nSPS) is 25.7. The average Bonchev–Trinajstić information content (AvgIpc) is 2.59. The van der Waals surface area contributed by atoms with Crippen LogP contribution in [0.4, 0.5) is 0 Å². The molecule has 80 valence electrons. The fourth-order valence-corrected chi connectivity index (χ4v) is 1.59. The van der Waals surface area contributed by atoms with Crippen molar-refractivity contribution >= 4 is 12.6 Å². The van der Waals surface area contributed by atoms with Gasteiger partial charge in [0.05, 0.1) is 19.3 Å². The van der Waals surface area contributed by atoms with E-state index in [1.54, 1.807) is 7.11 Å². The maximum absolute atomic E-state index is 5.68. The zero-order valence-corrected chi connectivity index (χ0v) is 9.27. The molecule has 2 atom stereocenters. The van der Waals surface area contributed by atoms with Crippen LogP contribution in [0.5, 0.6) is 5.75 Å². The van der Waals surface area contributed by atoms with Crippen LogP contribution in [0.3, 0.4) is 0 Å². The molecule has 0 amide bonds. The van der Waals surface area contributed by atoms with Gasteiger partial charge in [-0.25, -0.2) is 0 Å². The third-order valence-corrected chi connectivity index (χ3v) is 2.70. The Labute approximate surface area is 90.5 Å². The van der Waals surface area contributed by atoms with Crippen LogP contribution in [0.25, 0.3) is 0 Å². The van der Waals surface area contributed by atoms with Gasteiger partial charge in [-0.3, -0.25) is 0 Å². The fourth-order valence-electron chi connectivity index (χ4n) is 1.59. The van der Waals surface area contributed by atoms with E-state index in [-0.39, 0.29) is 19.3 Å². The van der Waals surface area contributed by atoms with E-state index >= 15 is 0 Å². The van der Waals surface area contributed by atoms with Crippen LogP contribution in [0.2, 0.25) is 0 Å². The van der Waals surface area contributed by atoms with Crippen molar-refractivity contribution in [3.05, 3.63) is 24.3 Å². The zero-order chi connectivity index (χ0) is 10.8. The van der Waals surface area contributed by atoms with Gasteiger partial charge in [0, 0.05) is 0 Å². The molecule has 0 spiro atoms. The first kappa shape index (κ1) is 10.5. The van der Waals surface area contributed by atoms with Gasteiger partial charge in [-0.05, 0) is 31.4 Å². The second kappa shape index (κ2) is 4.25. The SMILES string of the molecule is COc1cccc(B2OC(C)C(C)O2)c1. The number of methoxy groups -OCH3 is 1. The van der Waals surface area contributed by atoms with Crippen LogP contribution in [-0.4, -0.2) is 26.4 Å². The molecule has 1 fully saturated rings. The minimum absolute atomic E-state index is 0.140. The van der Waals surface area contributed by atoms with Gasteiger partial charge in [-0.1, -0.05) is 12.1 Å². The molecule has 1 saturated heterocycles. The van der Waals surface area contributed by atoms with Crippen molar-refractivity contribution in [3.8, 4) is 5.75 Å². The van der Waals surface area contributed by atoms with E-state index in [0.717, 1.165) is 11.2 Å². The molecule has 3 nitrogen and oxygen atoms in total. The van der Waals surface area contributed by atoms with Crippen molar-refractivity contribution in [2.24, 2.45) is 0 Å². The average molecular weight is 206 g/mol. The summed E-state index contributed by atoms with van der Waals surface area (Å²) < 4.78 is 16.5. The number of benzene rings is 1. The van der Waals surface area contributed by atoms with Crippen LogP contribution in [0.1, 0.15) is 13.8 Å². The van der Waals surface area contributed by atoms with Gasteiger partial charge in [-0.15, -0.1) is 0 Å². The van der Waals surface area contributed by atoms with E-state index in [9.17, 15) is 0 Å². The quantitative estimate of drug-likeness (QED) is 0.680. The van der Waals surface area contributed by atoms with Gasteiger partial charge in [-0.2, -0.15) is 0 Å². The summed E-state index contributed by atoms with van der Waals surface area (Å²) >= 11 is 0. The Kier molecular flexibility index (Phi) is 2.98. The molecule has 0 saturated carbocycles. The van der Waals surface area contributed by atoms with Gasteiger partial charge in [0.25, 0.3) is 0 Å². The van der Waals surface area contributed by atoms with Crippen molar-refractivity contribution < 1.29 is 14.0 Å². The first-order chi connectivity index (χ1) is 7.20. The van der Waals surface area contributed by atoms with E-state index in [1.807, 2.05) is 38.1 Å². The second-order valence-corrected chi connectivity index (χ2v) is 3.79. The number of hydrogen-bond acceptors (Lipinski definition) is 3. The molecule has 1 aromatic carbocycles. The summed E-state index contributed by atoms with van der Waals surface area (Å²) in [5.41, 5.74) is 1.01.